The summed E-state index contributed by atoms with van der Waals surface area (Å²) in [4.78, 5) is 13.9. The maximum Gasteiger partial charge on any atom is 0.259 e. The third-order valence-electron chi connectivity index (χ3n) is 2.51. The maximum atomic E-state index is 12.9. The number of hydrogen-bond acceptors (Lipinski definition) is 2. The van der Waals surface area contributed by atoms with E-state index in [1.807, 2.05) is 6.92 Å². The van der Waals surface area contributed by atoms with E-state index in [-0.39, 0.29) is 11.7 Å². The first-order valence-corrected chi connectivity index (χ1v) is 7.10. The van der Waals surface area contributed by atoms with Crippen LogP contribution in [-0.2, 0) is 0 Å². The average molecular weight is 328 g/mol. The Labute approximate surface area is 117 Å². The van der Waals surface area contributed by atoms with E-state index in [9.17, 15) is 9.18 Å². The van der Waals surface area contributed by atoms with E-state index in [0.29, 0.717) is 17.8 Å². The van der Waals surface area contributed by atoms with Gasteiger partial charge in [0, 0.05) is 17.6 Å². The van der Waals surface area contributed by atoms with Gasteiger partial charge in [-0.1, -0.05) is 0 Å². The van der Waals surface area contributed by atoms with Gasteiger partial charge >= 0.3 is 0 Å². The first kappa shape index (κ1) is 13.2. The lowest BCUT2D eigenvalue weighted by atomic mass is 10.2. The van der Waals surface area contributed by atoms with E-state index in [0.717, 1.165) is 3.79 Å². The van der Waals surface area contributed by atoms with E-state index in [1.54, 1.807) is 28.5 Å². The van der Waals surface area contributed by atoms with Crippen molar-refractivity contribution in [1.29, 1.82) is 0 Å². The van der Waals surface area contributed by atoms with Gasteiger partial charge in [-0.2, -0.15) is 0 Å². The predicted octanol–water partition coefficient (Wildman–Crippen LogP) is 4.32. The van der Waals surface area contributed by atoms with Crippen LogP contribution in [0.2, 0.25) is 0 Å². The fourth-order valence-corrected chi connectivity index (χ4v) is 2.77. The summed E-state index contributed by atoms with van der Waals surface area (Å²) in [6.45, 7) is 2.43. The van der Waals surface area contributed by atoms with Crippen molar-refractivity contribution >= 4 is 38.9 Å². The van der Waals surface area contributed by atoms with E-state index < -0.39 is 0 Å². The fourth-order valence-electron chi connectivity index (χ4n) is 1.64. The molecular formula is C13H11BrFNOS. The Morgan fingerprint density at radius 1 is 1.39 bits per heavy atom. The summed E-state index contributed by atoms with van der Waals surface area (Å²) in [7, 11) is 0. The highest BCUT2D eigenvalue weighted by Crippen LogP contribution is 2.24. The topological polar surface area (TPSA) is 20.3 Å². The molecule has 0 aliphatic carbocycles. The molecule has 0 aliphatic heterocycles. The number of anilines is 1. The van der Waals surface area contributed by atoms with Crippen molar-refractivity contribution in [3.8, 4) is 0 Å². The monoisotopic (exact) mass is 327 g/mol. The van der Waals surface area contributed by atoms with Crippen LogP contribution in [0.25, 0.3) is 0 Å². The van der Waals surface area contributed by atoms with Gasteiger partial charge in [0.15, 0.2) is 0 Å². The molecule has 0 spiro atoms. The number of thiophene rings is 1. The molecular weight excluding hydrogens is 317 g/mol. The zero-order chi connectivity index (χ0) is 13.1. The van der Waals surface area contributed by atoms with Gasteiger partial charge in [0.05, 0.1) is 9.35 Å². The van der Waals surface area contributed by atoms with Crippen LogP contribution in [0.4, 0.5) is 10.1 Å². The molecule has 0 aliphatic rings. The molecule has 1 aromatic heterocycles. The Hall–Kier alpha value is -1.20. The molecule has 18 heavy (non-hydrogen) atoms. The van der Waals surface area contributed by atoms with Crippen LogP contribution in [-0.4, -0.2) is 12.5 Å². The minimum absolute atomic E-state index is 0.0777. The van der Waals surface area contributed by atoms with Crippen molar-refractivity contribution in [3.63, 3.8) is 0 Å². The summed E-state index contributed by atoms with van der Waals surface area (Å²) in [6.07, 6.45) is 0. The Kier molecular flexibility index (Phi) is 4.14. The van der Waals surface area contributed by atoms with Crippen molar-refractivity contribution in [2.24, 2.45) is 0 Å². The largest absolute Gasteiger partial charge is 0.309 e. The lowest BCUT2D eigenvalue weighted by Gasteiger charge is -2.20. The van der Waals surface area contributed by atoms with Crippen LogP contribution in [0.3, 0.4) is 0 Å². The van der Waals surface area contributed by atoms with Gasteiger partial charge in [0.25, 0.3) is 5.91 Å². The minimum atomic E-state index is -0.305. The van der Waals surface area contributed by atoms with Gasteiger partial charge in [-0.25, -0.2) is 4.39 Å². The van der Waals surface area contributed by atoms with Gasteiger partial charge in [-0.15, -0.1) is 11.3 Å². The predicted molar refractivity (Wildman–Crippen MR) is 75.8 cm³/mol. The number of carbonyl (C=O) groups is 1. The van der Waals surface area contributed by atoms with Gasteiger partial charge in [0.1, 0.15) is 5.82 Å². The molecule has 0 bridgehead atoms. The third kappa shape index (κ3) is 2.79. The fraction of sp³-hybridized carbons (Fsp3) is 0.154. The molecule has 0 saturated heterocycles. The highest BCUT2D eigenvalue weighted by molar-refractivity contribution is 9.11. The molecule has 94 valence electrons. The van der Waals surface area contributed by atoms with Crippen LogP contribution in [0.5, 0.6) is 0 Å². The van der Waals surface area contributed by atoms with Crippen LogP contribution in [0, 0.1) is 5.82 Å². The quantitative estimate of drug-likeness (QED) is 0.822. The van der Waals surface area contributed by atoms with E-state index in [2.05, 4.69) is 15.9 Å². The molecule has 5 heteroatoms. The summed E-state index contributed by atoms with van der Waals surface area (Å²) < 4.78 is 13.8. The number of nitrogens with zero attached hydrogens (tertiary/aromatic N) is 1. The van der Waals surface area contributed by atoms with E-state index >= 15 is 0 Å². The van der Waals surface area contributed by atoms with Crippen molar-refractivity contribution in [1.82, 2.24) is 0 Å². The van der Waals surface area contributed by atoms with Gasteiger partial charge in [-0.05, 0) is 53.2 Å². The standard InChI is InChI=1S/C13H11BrFNOS/c1-2-16(11-5-3-10(15)4-6-11)13(17)9-7-12(14)18-8-9/h3-8H,2H2,1H3. The normalized spacial score (nSPS) is 10.4. The molecule has 1 amide bonds. The smallest absolute Gasteiger partial charge is 0.259 e. The molecule has 0 fully saturated rings. The summed E-state index contributed by atoms with van der Waals surface area (Å²) in [6, 6.07) is 7.72. The SMILES string of the molecule is CCN(C(=O)c1csc(Br)c1)c1ccc(F)cc1. The van der Waals surface area contributed by atoms with E-state index in [1.165, 1.54) is 23.5 Å². The zero-order valence-electron chi connectivity index (χ0n) is 9.69. The number of halogens is 2. The third-order valence-corrected chi connectivity index (χ3v) is 4.02. The molecule has 1 heterocycles. The number of rotatable bonds is 3. The maximum absolute atomic E-state index is 12.9. The molecule has 2 aromatic rings. The van der Waals surface area contributed by atoms with Crippen molar-refractivity contribution in [2.45, 2.75) is 6.92 Å². The molecule has 0 N–H and O–H groups in total. The second-order valence-electron chi connectivity index (χ2n) is 3.67. The molecule has 0 saturated carbocycles. The Morgan fingerprint density at radius 3 is 2.56 bits per heavy atom. The number of hydrogen-bond donors (Lipinski definition) is 0. The number of carbonyl (C=O) groups excluding carboxylic acids is 1. The van der Waals surface area contributed by atoms with Gasteiger partial charge in [-0.3, -0.25) is 4.79 Å². The lowest BCUT2D eigenvalue weighted by Crippen LogP contribution is -2.30. The number of benzene rings is 1. The highest BCUT2D eigenvalue weighted by atomic mass is 79.9. The van der Waals surface area contributed by atoms with Crippen LogP contribution >= 0.6 is 27.3 Å². The molecule has 0 unspecified atom stereocenters. The molecule has 0 atom stereocenters. The molecule has 1 aromatic carbocycles. The van der Waals surface area contributed by atoms with Crippen molar-refractivity contribution in [2.75, 3.05) is 11.4 Å². The highest BCUT2D eigenvalue weighted by Gasteiger charge is 2.17. The molecule has 2 nitrogen and oxygen atoms in total. The van der Waals surface area contributed by atoms with Crippen LogP contribution in [0.1, 0.15) is 17.3 Å². The Bertz CT molecular complexity index is 552. The summed E-state index contributed by atoms with van der Waals surface area (Å²) in [5.74, 6) is -0.383. The summed E-state index contributed by atoms with van der Waals surface area (Å²) in [5, 5.41) is 1.80. The molecule has 0 radical (unpaired) electrons. The van der Waals surface area contributed by atoms with Crippen molar-refractivity contribution < 1.29 is 9.18 Å². The van der Waals surface area contributed by atoms with Gasteiger partial charge < -0.3 is 4.90 Å². The van der Waals surface area contributed by atoms with Crippen LogP contribution in [0.15, 0.2) is 39.5 Å². The van der Waals surface area contributed by atoms with E-state index in [4.69, 9.17) is 0 Å². The number of amides is 1. The first-order valence-electron chi connectivity index (χ1n) is 5.43. The van der Waals surface area contributed by atoms with Crippen molar-refractivity contribution in [3.05, 3.63) is 50.9 Å². The molecule has 2 rings (SSSR count). The summed E-state index contributed by atoms with van der Waals surface area (Å²) in [5.41, 5.74) is 1.34. The Morgan fingerprint density at radius 2 is 2.06 bits per heavy atom. The lowest BCUT2D eigenvalue weighted by molar-refractivity contribution is 0.0988. The second kappa shape index (κ2) is 5.63. The Balaban J connectivity index is 2.28. The summed E-state index contributed by atoms with van der Waals surface area (Å²) >= 11 is 4.80. The van der Waals surface area contributed by atoms with Gasteiger partial charge in [0.2, 0.25) is 0 Å². The minimum Gasteiger partial charge on any atom is -0.309 e. The van der Waals surface area contributed by atoms with Crippen LogP contribution < -0.4 is 4.90 Å². The first-order chi connectivity index (χ1) is 8.61. The average Bonchev–Trinajstić information content (AvgIpc) is 2.79. The zero-order valence-corrected chi connectivity index (χ0v) is 12.1. The second-order valence-corrected chi connectivity index (χ2v) is 5.96.